The molecule has 1 fully saturated rings. The van der Waals surface area contributed by atoms with Gasteiger partial charge >= 0.3 is 0 Å². The van der Waals surface area contributed by atoms with Crippen LogP contribution in [-0.2, 0) is 0 Å². The van der Waals surface area contributed by atoms with Crippen LogP contribution in [0.1, 0.15) is 33.1 Å². The zero-order chi connectivity index (χ0) is 11.5. The van der Waals surface area contributed by atoms with Crippen molar-refractivity contribution in [3.8, 4) is 0 Å². The predicted molar refractivity (Wildman–Crippen MR) is 63.8 cm³/mol. The summed E-state index contributed by atoms with van der Waals surface area (Å²) in [5.74, 6) is 1.51. The highest BCUT2D eigenvalue weighted by Crippen LogP contribution is 2.30. The molecule has 16 heavy (non-hydrogen) atoms. The van der Waals surface area contributed by atoms with Crippen LogP contribution in [-0.4, -0.2) is 11.0 Å². The average molecular weight is 222 g/mol. The van der Waals surface area contributed by atoms with Crippen molar-refractivity contribution in [2.45, 2.75) is 39.2 Å². The van der Waals surface area contributed by atoms with Gasteiger partial charge in [0, 0.05) is 6.04 Å². The first kappa shape index (κ1) is 11.4. The van der Waals surface area contributed by atoms with Crippen LogP contribution in [0.4, 0.5) is 10.2 Å². The molecule has 1 saturated carbocycles. The molecular weight excluding hydrogens is 203 g/mol. The van der Waals surface area contributed by atoms with E-state index in [0.717, 1.165) is 0 Å². The number of nitrogens with one attached hydrogen (secondary N) is 1. The fourth-order valence-electron chi connectivity index (χ4n) is 2.63. The first-order valence-corrected chi connectivity index (χ1v) is 6.06. The minimum Gasteiger partial charge on any atom is -0.367 e. The second-order valence-corrected chi connectivity index (χ2v) is 4.90. The Bertz CT molecular complexity index is 344. The molecule has 1 aromatic heterocycles. The van der Waals surface area contributed by atoms with Gasteiger partial charge in [-0.25, -0.2) is 4.98 Å². The third kappa shape index (κ3) is 2.52. The van der Waals surface area contributed by atoms with E-state index in [2.05, 4.69) is 24.1 Å². The van der Waals surface area contributed by atoms with Crippen LogP contribution in [0.25, 0.3) is 0 Å². The van der Waals surface area contributed by atoms with Crippen molar-refractivity contribution in [3.63, 3.8) is 0 Å². The van der Waals surface area contributed by atoms with Gasteiger partial charge in [-0.05, 0) is 36.8 Å². The van der Waals surface area contributed by atoms with E-state index >= 15 is 0 Å². The number of pyridine rings is 1. The maximum atomic E-state index is 13.0. The first-order valence-electron chi connectivity index (χ1n) is 6.06. The molecular formula is C13H19FN2. The zero-order valence-electron chi connectivity index (χ0n) is 9.91. The summed E-state index contributed by atoms with van der Waals surface area (Å²) in [6.07, 6.45) is 3.80. The van der Waals surface area contributed by atoms with Crippen molar-refractivity contribution in [1.29, 1.82) is 0 Å². The normalized spacial score (nSPS) is 30.1. The van der Waals surface area contributed by atoms with Crippen LogP contribution in [0, 0.1) is 17.8 Å². The van der Waals surface area contributed by atoms with Gasteiger partial charge in [0.25, 0.3) is 0 Å². The van der Waals surface area contributed by atoms with E-state index in [4.69, 9.17) is 0 Å². The summed E-state index contributed by atoms with van der Waals surface area (Å²) >= 11 is 0. The van der Waals surface area contributed by atoms with Gasteiger partial charge in [-0.1, -0.05) is 26.3 Å². The average Bonchev–Trinajstić information content (AvgIpc) is 2.24. The summed E-state index contributed by atoms with van der Waals surface area (Å²) in [5, 5.41) is 3.37. The fraction of sp³-hybridized carbons (Fsp3) is 0.615. The Morgan fingerprint density at radius 1 is 1.25 bits per heavy atom. The maximum Gasteiger partial charge on any atom is 0.214 e. The van der Waals surface area contributed by atoms with Crippen LogP contribution >= 0.6 is 0 Å². The maximum absolute atomic E-state index is 13.0. The Labute approximate surface area is 96.3 Å². The van der Waals surface area contributed by atoms with E-state index in [1.54, 1.807) is 6.07 Å². The number of hydrogen-bond acceptors (Lipinski definition) is 2. The number of nitrogens with zero attached hydrogens (tertiary/aromatic N) is 1. The second kappa shape index (κ2) is 4.81. The van der Waals surface area contributed by atoms with Crippen LogP contribution in [0.5, 0.6) is 0 Å². The third-order valence-electron chi connectivity index (χ3n) is 3.57. The lowest BCUT2D eigenvalue weighted by atomic mass is 9.79. The van der Waals surface area contributed by atoms with E-state index in [-0.39, 0.29) is 0 Å². The summed E-state index contributed by atoms with van der Waals surface area (Å²) in [6, 6.07) is 5.32. The van der Waals surface area contributed by atoms with Crippen molar-refractivity contribution in [2.24, 2.45) is 11.8 Å². The van der Waals surface area contributed by atoms with Gasteiger partial charge in [0.05, 0.1) is 0 Å². The zero-order valence-corrected chi connectivity index (χ0v) is 9.91. The summed E-state index contributed by atoms with van der Waals surface area (Å²) in [7, 11) is 0. The lowest BCUT2D eigenvalue weighted by Gasteiger charge is -2.35. The molecule has 2 rings (SSSR count). The molecule has 1 aliphatic rings. The van der Waals surface area contributed by atoms with Gasteiger partial charge in [0.2, 0.25) is 5.95 Å². The van der Waals surface area contributed by atoms with Gasteiger partial charge in [-0.2, -0.15) is 4.39 Å². The van der Waals surface area contributed by atoms with Gasteiger partial charge in [-0.3, -0.25) is 0 Å². The SMILES string of the molecule is CC1CCCC(C)C1Nc1cccc(F)n1. The molecule has 0 bridgehead atoms. The summed E-state index contributed by atoms with van der Waals surface area (Å²) < 4.78 is 13.0. The number of hydrogen-bond donors (Lipinski definition) is 1. The van der Waals surface area contributed by atoms with E-state index in [0.29, 0.717) is 23.7 Å². The van der Waals surface area contributed by atoms with Crippen LogP contribution < -0.4 is 5.32 Å². The van der Waals surface area contributed by atoms with Gasteiger partial charge < -0.3 is 5.32 Å². The monoisotopic (exact) mass is 222 g/mol. The van der Waals surface area contributed by atoms with Gasteiger partial charge in [0.1, 0.15) is 5.82 Å². The number of rotatable bonds is 2. The van der Waals surface area contributed by atoms with E-state index in [1.165, 1.54) is 25.3 Å². The Morgan fingerprint density at radius 3 is 2.56 bits per heavy atom. The lowest BCUT2D eigenvalue weighted by Crippen LogP contribution is -2.37. The molecule has 1 aliphatic carbocycles. The molecule has 1 N–H and O–H groups in total. The van der Waals surface area contributed by atoms with E-state index in [1.807, 2.05) is 6.07 Å². The minimum absolute atomic E-state index is 0.416. The molecule has 3 heteroatoms. The van der Waals surface area contributed by atoms with E-state index in [9.17, 15) is 4.39 Å². The molecule has 88 valence electrons. The molecule has 0 aromatic carbocycles. The van der Waals surface area contributed by atoms with Crippen LogP contribution in [0.2, 0.25) is 0 Å². The molecule has 1 heterocycles. The summed E-state index contributed by atoms with van der Waals surface area (Å²) in [5.41, 5.74) is 0. The Kier molecular flexibility index (Phi) is 3.42. The summed E-state index contributed by atoms with van der Waals surface area (Å²) in [6.45, 7) is 4.51. The highest BCUT2D eigenvalue weighted by molar-refractivity contribution is 5.35. The molecule has 2 unspecified atom stereocenters. The summed E-state index contributed by atoms with van der Waals surface area (Å²) in [4.78, 5) is 3.86. The number of anilines is 1. The van der Waals surface area contributed by atoms with Gasteiger partial charge in [-0.15, -0.1) is 0 Å². The largest absolute Gasteiger partial charge is 0.367 e. The molecule has 0 saturated heterocycles. The molecule has 0 spiro atoms. The van der Waals surface area contributed by atoms with Crippen molar-refractivity contribution < 1.29 is 4.39 Å². The van der Waals surface area contributed by atoms with Crippen molar-refractivity contribution >= 4 is 5.82 Å². The number of aromatic nitrogens is 1. The highest BCUT2D eigenvalue weighted by atomic mass is 19.1. The fourth-order valence-corrected chi connectivity index (χ4v) is 2.63. The van der Waals surface area contributed by atoms with Crippen molar-refractivity contribution in [1.82, 2.24) is 4.98 Å². The molecule has 2 nitrogen and oxygen atoms in total. The minimum atomic E-state index is -0.416. The highest BCUT2D eigenvalue weighted by Gasteiger charge is 2.27. The molecule has 0 amide bonds. The Hall–Kier alpha value is -1.12. The van der Waals surface area contributed by atoms with Crippen molar-refractivity contribution in [2.75, 3.05) is 5.32 Å². The second-order valence-electron chi connectivity index (χ2n) is 4.90. The number of halogens is 1. The quantitative estimate of drug-likeness (QED) is 0.775. The van der Waals surface area contributed by atoms with Gasteiger partial charge in [0.15, 0.2) is 0 Å². The Balaban J connectivity index is 2.07. The van der Waals surface area contributed by atoms with Crippen LogP contribution in [0.3, 0.4) is 0 Å². The molecule has 2 atom stereocenters. The first-order chi connectivity index (χ1) is 7.66. The Morgan fingerprint density at radius 2 is 1.94 bits per heavy atom. The van der Waals surface area contributed by atoms with Crippen molar-refractivity contribution in [3.05, 3.63) is 24.1 Å². The predicted octanol–water partition coefficient (Wildman–Crippen LogP) is 3.46. The molecule has 0 aliphatic heterocycles. The molecule has 0 radical (unpaired) electrons. The molecule has 1 aromatic rings. The van der Waals surface area contributed by atoms with E-state index < -0.39 is 5.95 Å². The smallest absolute Gasteiger partial charge is 0.214 e. The van der Waals surface area contributed by atoms with Crippen LogP contribution in [0.15, 0.2) is 18.2 Å². The standard InChI is InChI=1S/C13H19FN2/c1-9-5-3-6-10(2)13(9)16-12-8-4-7-11(14)15-12/h4,7-10,13H,3,5-6H2,1-2H3,(H,15,16). The third-order valence-corrected chi connectivity index (χ3v) is 3.57. The lowest BCUT2D eigenvalue weighted by molar-refractivity contribution is 0.267. The topological polar surface area (TPSA) is 24.9 Å².